The van der Waals surface area contributed by atoms with Crippen LogP contribution < -0.4 is 0 Å². The van der Waals surface area contributed by atoms with Crippen molar-refractivity contribution in [1.82, 2.24) is 24.7 Å². The van der Waals surface area contributed by atoms with Crippen LogP contribution in [0.5, 0.6) is 0 Å². The summed E-state index contributed by atoms with van der Waals surface area (Å²) in [6.45, 7) is 6.10. The van der Waals surface area contributed by atoms with Crippen molar-refractivity contribution in [3.8, 4) is 11.3 Å². The normalized spacial score (nSPS) is 11.3. The van der Waals surface area contributed by atoms with Crippen molar-refractivity contribution < 1.29 is 4.52 Å². The Morgan fingerprint density at radius 2 is 1.92 bits per heavy atom. The number of benzene rings is 1. The molecule has 0 spiro atoms. The first-order valence-electron chi connectivity index (χ1n) is 8.52. The molecule has 0 fully saturated rings. The minimum atomic E-state index is 0.564. The highest BCUT2D eigenvalue weighted by molar-refractivity contribution is 7.98. The first-order valence-corrected chi connectivity index (χ1v) is 9.51. The molecule has 4 aromatic rings. The first-order chi connectivity index (χ1) is 12.7. The van der Waals surface area contributed by atoms with E-state index in [-0.39, 0.29) is 0 Å². The van der Waals surface area contributed by atoms with Gasteiger partial charge in [0.1, 0.15) is 0 Å². The summed E-state index contributed by atoms with van der Waals surface area (Å²) in [6, 6.07) is 12.3. The molecular formula is C19H19N5OS. The van der Waals surface area contributed by atoms with Gasteiger partial charge in [-0.2, -0.15) is 10.1 Å². The molecule has 4 rings (SSSR count). The summed E-state index contributed by atoms with van der Waals surface area (Å²) >= 11 is 1.55. The summed E-state index contributed by atoms with van der Waals surface area (Å²) in [6.07, 6.45) is 0.762. The van der Waals surface area contributed by atoms with E-state index in [2.05, 4.69) is 40.4 Å². The number of hydrogen-bond acceptors (Lipinski definition) is 6. The van der Waals surface area contributed by atoms with E-state index in [9.17, 15) is 0 Å². The highest BCUT2D eigenvalue weighted by Gasteiger charge is 2.17. The van der Waals surface area contributed by atoms with E-state index < -0.39 is 0 Å². The van der Waals surface area contributed by atoms with Gasteiger partial charge in [0.2, 0.25) is 5.89 Å². The number of fused-ring (bicyclic) bond motifs is 1. The van der Waals surface area contributed by atoms with Crippen LogP contribution in [0.1, 0.15) is 29.9 Å². The lowest BCUT2D eigenvalue weighted by molar-refractivity contribution is 0.385. The molecule has 0 bridgehead atoms. The molecule has 3 aromatic heterocycles. The number of hydrogen-bond donors (Lipinski definition) is 0. The van der Waals surface area contributed by atoms with Crippen molar-refractivity contribution >= 4 is 17.3 Å². The zero-order valence-electron chi connectivity index (χ0n) is 14.9. The van der Waals surface area contributed by atoms with E-state index in [1.165, 1.54) is 0 Å². The average Bonchev–Trinajstić information content (AvgIpc) is 3.25. The monoisotopic (exact) mass is 365 g/mol. The highest BCUT2D eigenvalue weighted by Crippen LogP contribution is 2.31. The number of aromatic nitrogens is 5. The lowest BCUT2D eigenvalue weighted by Crippen LogP contribution is -1.98. The van der Waals surface area contributed by atoms with Gasteiger partial charge in [-0.15, -0.1) is 0 Å². The Balaban J connectivity index is 1.76. The molecule has 0 aliphatic heterocycles. The second kappa shape index (κ2) is 6.92. The fourth-order valence-corrected chi connectivity index (χ4v) is 3.70. The maximum absolute atomic E-state index is 5.29. The Hall–Kier alpha value is -2.67. The molecule has 1 aromatic carbocycles. The van der Waals surface area contributed by atoms with Crippen LogP contribution in [-0.4, -0.2) is 24.7 Å². The van der Waals surface area contributed by atoms with Gasteiger partial charge < -0.3 is 4.52 Å². The third-order valence-corrected chi connectivity index (χ3v) is 4.99. The number of thioether (sulfide) groups is 1. The standard InChI is InChI=1S/C19H19N5OS/c1-4-15-20-16(25-23-15)11-26-19-21-17(14-8-6-5-7-9-14)18-12(2)10-13(3)22-24(18)19/h5-10H,4,11H2,1-3H3. The van der Waals surface area contributed by atoms with Crippen molar-refractivity contribution in [2.75, 3.05) is 0 Å². The van der Waals surface area contributed by atoms with Gasteiger partial charge in [-0.3, -0.25) is 0 Å². The molecule has 0 atom stereocenters. The van der Waals surface area contributed by atoms with Crippen LogP contribution >= 0.6 is 11.8 Å². The van der Waals surface area contributed by atoms with Crippen LogP contribution in [0.15, 0.2) is 46.1 Å². The van der Waals surface area contributed by atoms with Crippen molar-refractivity contribution in [1.29, 1.82) is 0 Å². The third kappa shape index (κ3) is 3.10. The van der Waals surface area contributed by atoms with E-state index >= 15 is 0 Å². The van der Waals surface area contributed by atoms with Crippen LogP contribution in [0, 0.1) is 13.8 Å². The summed E-state index contributed by atoms with van der Waals surface area (Å²) in [5.74, 6) is 1.90. The maximum atomic E-state index is 5.29. The summed E-state index contributed by atoms with van der Waals surface area (Å²) in [5.41, 5.74) is 5.17. The van der Waals surface area contributed by atoms with Crippen LogP contribution in [0.2, 0.25) is 0 Å². The topological polar surface area (TPSA) is 69.1 Å². The van der Waals surface area contributed by atoms with Gasteiger partial charge in [0.25, 0.3) is 0 Å². The largest absolute Gasteiger partial charge is 0.338 e. The SMILES string of the molecule is CCc1noc(CSc2nc(-c3ccccc3)c3c(C)cc(C)nn23)n1. The molecule has 7 heteroatoms. The van der Waals surface area contributed by atoms with Gasteiger partial charge >= 0.3 is 0 Å². The molecule has 0 saturated carbocycles. The summed E-state index contributed by atoms with van der Waals surface area (Å²) < 4.78 is 7.21. The quantitative estimate of drug-likeness (QED) is 0.493. The molecule has 0 N–H and O–H groups in total. The molecule has 0 radical (unpaired) electrons. The van der Waals surface area contributed by atoms with E-state index in [0.717, 1.165) is 45.4 Å². The van der Waals surface area contributed by atoms with Crippen molar-refractivity contribution in [2.45, 2.75) is 38.1 Å². The third-order valence-electron chi connectivity index (χ3n) is 4.08. The minimum Gasteiger partial charge on any atom is -0.338 e. The van der Waals surface area contributed by atoms with Gasteiger partial charge in [0.15, 0.2) is 11.0 Å². The predicted molar refractivity (Wildman–Crippen MR) is 101 cm³/mol. The highest BCUT2D eigenvalue weighted by atomic mass is 32.2. The molecule has 0 amide bonds. The first kappa shape index (κ1) is 16.8. The molecule has 0 unspecified atom stereocenters. The lowest BCUT2D eigenvalue weighted by Gasteiger charge is -2.04. The average molecular weight is 365 g/mol. The lowest BCUT2D eigenvalue weighted by atomic mass is 10.1. The smallest absolute Gasteiger partial charge is 0.237 e. The Labute approximate surface area is 155 Å². The predicted octanol–water partition coefficient (Wildman–Crippen LogP) is 4.25. The Morgan fingerprint density at radius 3 is 2.65 bits per heavy atom. The summed E-state index contributed by atoms with van der Waals surface area (Å²) in [5, 5.41) is 9.45. The Kier molecular flexibility index (Phi) is 4.46. The van der Waals surface area contributed by atoms with Crippen molar-refractivity contribution in [2.24, 2.45) is 0 Å². The number of nitrogens with zero attached hydrogens (tertiary/aromatic N) is 5. The van der Waals surface area contributed by atoms with Crippen molar-refractivity contribution in [3.05, 3.63) is 59.4 Å². The molecule has 132 valence electrons. The minimum absolute atomic E-state index is 0.564. The summed E-state index contributed by atoms with van der Waals surface area (Å²) in [7, 11) is 0. The molecule has 26 heavy (non-hydrogen) atoms. The van der Waals surface area contributed by atoms with Gasteiger partial charge in [0.05, 0.1) is 22.7 Å². The Bertz CT molecular complexity index is 1050. The second-order valence-corrected chi connectivity index (χ2v) is 7.03. The van der Waals surface area contributed by atoms with E-state index in [4.69, 9.17) is 9.51 Å². The van der Waals surface area contributed by atoms with Crippen LogP contribution in [0.3, 0.4) is 0 Å². The summed E-state index contributed by atoms with van der Waals surface area (Å²) in [4.78, 5) is 9.25. The molecule has 0 aliphatic carbocycles. The van der Waals surface area contributed by atoms with Gasteiger partial charge in [0, 0.05) is 12.0 Å². The van der Waals surface area contributed by atoms with E-state index in [1.807, 2.05) is 36.6 Å². The molecule has 0 saturated heterocycles. The molecule has 3 heterocycles. The van der Waals surface area contributed by atoms with Gasteiger partial charge in [-0.1, -0.05) is 54.2 Å². The zero-order chi connectivity index (χ0) is 18.1. The zero-order valence-corrected chi connectivity index (χ0v) is 15.7. The van der Waals surface area contributed by atoms with Crippen LogP contribution in [0.25, 0.3) is 16.8 Å². The number of imidazole rings is 1. The molecule has 6 nitrogen and oxygen atoms in total. The molecule has 0 aliphatic rings. The van der Waals surface area contributed by atoms with Crippen LogP contribution in [-0.2, 0) is 12.2 Å². The van der Waals surface area contributed by atoms with Crippen LogP contribution in [0.4, 0.5) is 0 Å². The van der Waals surface area contributed by atoms with Gasteiger partial charge in [-0.05, 0) is 25.5 Å². The van der Waals surface area contributed by atoms with Gasteiger partial charge in [-0.25, -0.2) is 9.50 Å². The molecular weight excluding hydrogens is 346 g/mol. The number of rotatable bonds is 5. The van der Waals surface area contributed by atoms with E-state index in [0.29, 0.717) is 11.6 Å². The second-order valence-electron chi connectivity index (χ2n) is 6.08. The Morgan fingerprint density at radius 1 is 1.12 bits per heavy atom. The maximum Gasteiger partial charge on any atom is 0.237 e. The number of aryl methyl sites for hydroxylation is 3. The fraction of sp³-hybridized carbons (Fsp3) is 0.263. The fourth-order valence-electron chi connectivity index (χ4n) is 2.92. The van der Waals surface area contributed by atoms with E-state index in [1.54, 1.807) is 11.8 Å². The van der Waals surface area contributed by atoms with Crippen molar-refractivity contribution in [3.63, 3.8) is 0 Å².